The zero-order valence-corrected chi connectivity index (χ0v) is 25.5. The SMILES string of the molecule is CCOc1ccc(C2C(=C(O)c3cc(C)ccc3C)C(=O)C(=O)N2c2nnc(SCc3ccc(Cl)cc3Cl)s2)cc1. The quantitative estimate of drug-likeness (QED) is 0.0702. The van der Waals surface area contributed by atoms with Crippen LogP contribution in [0, 0.1) is 13.8 Å². The van der Waals surface area contributed by atoms with Gasteiger partial charge in [0.15, 0.2) is 4.34 Å². The number of ketones is 1. The van der Waals surface area contributed by atoms with Crippen LogP contribution in [0.2, 0.25) is 10.0 Å². The summed E-state index contributed by atoms with van der Waals surface area (Å²) >= 11 is 14.9. The molecular formula is C30H25Cl2N3O4S2. The zero-order chi connectivity index (χ0) is 29.3. The minimum absolute atomic E-state index is 0.00907. The lowest BCUT2D eigenvalue weighted by Crippen LogP contribution is -2.29. The number of carbonyl (C=O) groups excluding carboxylic acids is 2. The molecule has 1 aliphatic rings. The number of aliphatic hydroxyl groups is 1. The number of halogens is 2. The molecule has 0 saturated carbocycles. The van der Waals surface area contributed by atoms with E-state index in [4.69, 9.17) is 27.9 Å². The van der Waals surface area contributed by atoms with Crippen molar-refractivity contribution in [1.82, 2.24) is 10.2 Å². The van der Waals surface area contributed by atoms with E-state index in [2.05, 4.69) is 10.2 Å². The van der Waals surface area contributed by atoms with Crippen molar-refractivity contribution in [2.45, 2.75) is 36.9 Å². The van der Waals surface area contributed by atoms with Crippen molar-refractivity contribution in [2.24, 2.45) is 0 Å². The Balaban J connectivity index is 1.55. The molecule has 2 heterocycles. The van der Waals surface area contributed by atoms with Gasteiger partial charge in [0.25, 0.3) is 5.78 Å². The number of amides is 1. The number of aromatic nitrogens is 2. The van der Waals surface area contributed by atoms with E-state index in [1.807, 2.05) is 39.0 Å². The fourth-order valence-corrected chi connectivity index (χ4v) is 6.96. The summed E-state index contributed by atoms with van der Waals surface area (Å²) in [6.45, 7) is 6.13. The predicted octanol–water partition coefficient (Wildman–Crippen LogP) is 7.78. The summed E-state index contributed by atoms with van der Waals surface area (Å²) in [6, 6.07) is 17.1. The highest BCUT2D eigenvalue weighted by molar-refractivity contribution is 8.00. The van der Waals surface area contributed by atoms with E-state index < -0.39 is 17.7 Å². The van der Waals surface area contributed by atoms with Gasteiger partial charge in [0, 0.05) is 21.4 Å². The summed E-state index contributed by atoms with van der Waals surface area (Å²) in [5.41, 5.74) is 3.67. The van der Waals surface area contributed by atoms with Crippen LogP contribution in [-0.4, -0.2) is 33.6 Å². The number of hydrogen-bond acceptors (Lipinski definition) is 8. The molecule has 1 aromatic heterocycles. The molecule has 1 unspecified atom stereocenters. The molecule has 1 aliphatic heterocycles. The van der Waals surface area contributed by atoms with Gasteiger partial charge < -0.3 is 9.84 Å². The number of anilines is 1. The largest absolute Gasteiger partial charge is 0.507 e. The maximum atomic E-state index is 13.5. The fourth-order valence-electron chi connectivity index (χ4n) is 4.53. The van der Waals surface area contributed by atoms with Crippen molar-refractivity contribution in [3.63, 3.8) is 0 Å². The van der Waals surface area contributed by atoms with Crippen LogP contribution >= 0.6 is 46.3 Å². The van der Waals surface area contributed by atoms with E-state index in [-0.39, 0.29) is 16.5 Å². The van der Waals surface area contributed by atoms with Crippen LogP contribution in [0.25, 0.3) is 5.76 Å². The molecule has 1 fully saturated rings. The number of aryl methyl sites for hydroxylation is 2. The number of carbonyl (C=O) groups is 2. The van der Waals surface area contributed by atoms with E-state index in [1.54, 1.807) is 42.5 Å². The van der Waals surface area contributed by atoms with Gasteiger partial charge in [-0.05, 0) is 67.8 Å². The molecule has 7 nitrogen and oxygen atoms in total. The first kappa shape index (κ1) is 29.1. The monoisotopic (exact) mass is 625 g/mol. The third kappa shape index (κ3) is 5.99. The van der Waals surface area contributed by atoms with Crippen LogP contribution in [0.15, 0.2) is 70.6 Å². The van der Waals surface area contributed by atoms with Crippen LogP contribution in [0.1, 0.15) is 40.8 Å². The third-order valence-corrected chi connectivity index (χ3v) is 9.26. The van der Waals surface area contributed by atoms with Gasteiger partial charge in [-0.15, -0.1) is 10.2 Å². The Kier molecular flexibility index (Phi) is 8.70. The second-order valence-electron chi connectivity index (χ2n) is 9.36. The fraction of sp³-hybridized carbons (Fsp3) is 0.200. The number of nitrogens with zero attached hydrogens (tertiary/aromatic N) is 3. The first-order valence-corrected chi connectivity index (χ1v) is 15.2. The summed E-state index contributed by atoms with van der Waals surface area (Å²) in [4.78, 5) is 28.4. The smallest absolute Gasteiger partial charge is 0.301 e. The molecule has 1 amide bonds. The topological polar surface area (TPSA) is 92.6 Å². The minimum atomic E-state index is -0.915. The Morgan fingerprint density at radius 2 is 1.80 bits per heavy atom. The van der Waals surface area contributed by atoms with E-state index in [0.717, 1.165) is 16.7 Å². The van der Waals surface area contributed by atoms with Gasteiger partial charge in [0.05, 0.1) is 18.2 Å². The lowest BCUT2D eigenvalue weighted by Gasteiger charge is -2.23. The van der Waals surface area contributed by atoms with Crippen LogP contribution in [0.5, 0.6) is 5.75 Å². The van der Waals surface area contributed by atoms with E-state index >= 15 is 0 Å². The maximum Gasteiger partial charge on any atom is 0.301 e. The van der Waals surface area contributed by atoms with E-state index in [1.165, 1.54) is 28.0 Å². The highest BCUT2D eigenvalue weighted by atomic mass is 35.5. The number of rotatable bonds is 8. The second kappa shape index (κ2) is 12.2. The van der Waals surface area contributed by atoms with Gasteiger partial charge in [0.1, 0.15) is 11.5 Å². The second-order valence-corrected chi connectivity index (χ2v) is 12.4. The average Bonchev–Trinajstić information content (AvgIpc) is 3.52. The number of hydrogen-bond donors (Lipinski definition) is 1. The molecule has 210 valence electrons. The van der Waals surface area contributed by atoms with Crippen molar-refractivity contribution in [1.29, 1.82) is 0 Å². The Bertz CT molecular complexity index is 1670. The zero-order valence-electron chi connectivity index (χ0n) is 22.4. The van der Waals surface area contributed by atoms with E-state index in [9.17, 15) is 14.7 Å². The highest BCUT2D eigenvalue weighted by Gasteiger charge is 2.48. The molecule has 4 aromatic rings. The predicted molar refractivity (Wildman–Crippen MR) is 164 cm³/mol. The number of ether oxygens (including phenoxy) is 1. The number of aliphatic hydroxyl groups excluding tert-OH is 1. The molecule has 1 N–H and O–H groups in total. The Hall–Kier alpha value is -3.37. The molecule has 41 heavy (non-hydrogen) atoms. The van der Waals surface area contributed by atoms with Crippen LogP contribution in [0.3, 0.4) is 0 Å². The minimum Gasteiger partial charge on any atom is -0.507 e. The van der Waals surface area contributed by atoms with Crippen LogP contribution in [0.4, 0.5) is 5.13 Å². The average molecular weight is 627 g/mol. The molecule has 0 bridgehead atoms. The van der Waals surface area contributed by atoms with Crippen molar-refractivity contribution in [3.8, 4) is 5.75 Å². The highest BCUT2D eigenvalue weighted by Crippen LogP contribution is 2.44. The molecule has 5 rings (SSSR count). The summed E-state index contributed by atoms with van der Waals surface area (Å²) in [7, 11) is 0. The lowest BCUT2D eigenvalue weighted by atomic mass is 9.93. The molecule has 11 heteroatoms. The van der Waals surface area contributed by atoms with Gasteiger partial charge in [-0.25, -0.2) is 0 Å². The molecule has 0 spiro atoms. The lowest BCUT2D eigenvalue weighted by molar-refractivity contribution is -0.132. The maximum absolute atomic E-state index is 13.5. The Morgan fingerprint density at radius 3 is 2.51 bits per heavy atom. The Morgan fingerprint density at radius 1 is 1.05 bits per heavy atom. The first-order valence-electron chi connectivity index (χ1n) is 12.7. The van der Waals surface area contributed by atoms with Gasteiger partial charge in [-0.1, -0.05) is 82.2 Å². The number of Topliss-reactive ketones (excluding diaryl/α,β-unsaturated/α-hetero) is 1. The normalized spacial score (nSPS) is 16.4. The first-order chi connectivity index (χ1) is 19.7. The standard InChI is InChI=1S/C30H25Cl2N3O4S2/c1-4-39-21-11-8-18(9-12-21)25-24(26(36)22-13-16(2)5-6-17(22)3)27(37)28(38)35(25)29-33-34-30(41-29)40-15-19-7-10-20(31)14-23(19)32/h5-14,25,36H,4,15H2,1-3H3. The number of thioether (sulfide) groups is 1. The van der Waals surface area contributed by atoms with Crippen LogP contribution < -0.4 is 9.64 Å². The van der Waals surface area contributed by atoms with Crippen molar-refractivity contribution in [3.05, 3.63) is 104 Å². The molecular weight excluding hydrogens is 601 g/mol. The van der Waals surface area contributed by atoms with Crippen molar-refractivity contribution in [2.75, 3.05) is 11.5 Å². The van der Waals surface area contributed by atoms with Gasteiger partial charge in [-0.3, -0.25) is 14.5 Å². The van der Waals surface area contributed by atoms with Crippen molar-refractivity contribution < 1.29 is 19.4 Å². The molecule has 3 aromatic carbocycles. The summed E-state index contributed by atoms with van der Waals surface area (Å²) < 4.78 is 6.17. The summed E-state index contributed by atoms with van der Waals surface area (Å²) in [6.07, 6.45) is 0. The van der Waals surface area contributed by atoms with Crippen molar-refractivity contribution >= 4 is 68.9 Å². The molecule has 1 saturated heterocycles. The summed E-state index contributed by atoms with van der Waals surface area (Å²) in [5, 5.41) is 21.4. The number of benzene rings is 3. The molecule has 0 aliphatic carbocycles. The van der Waals surface area contributed by atoms with E-state index in [0.29, 0.717) is 43.6 Å². The van der Waals surface area contributed by atoms with Crippen LogP contribution in [-0.2, 0) is 15.3 Å². The summed E-state index contributed by atoms with van der Waals surface area (Å²) in [5.74, 6) is -0.650. The van der Waals surface area contributed by atoms with Gasteiger partial charge >= 0.3 is 5.91 Å². The molecule has 1 atom stereocenters. The molecule has 0 radical (unpaired) electrons. The Labute approximate surface area is 255 Å². The third-order valence-electron chi connectivity index (χ3n) is 6.57. The van der Waals surface area contributed by atoms with Gasteiger partial charge in [0.2, 0.25) is 5.13 Å². The van der Waals surface area contributed by atoms with Gasteiger partial charge in [-0.2, -0.15) is 0 Å².